The summed E-state index contributed by atoms with van der Waals surface area (Å²) in [5.74, 6) is -0.0223. The second-order valence-corrected chi connectivity index (χ2v) is 4.78. The lowest BCUT2D eigenvalue weighted by atomic mass is 10.0. The maximum atomic E-state index is 11.9. The van der Waals surface area contributed by atoms with Gasteiger partial charge in [-0.25, -0.2) is 0 Å². The van der Waals surface area contributed by atoms with Crippen molar-refractivity contribution in [3.05, 3.63) is 29.3 Å². The number of nitrogens with one attached hydrogen (secondary N) is 1. The summed E-state index contributed by atoms with van der Waals surface area (Å²) in [5.41, 5.74) is 3.17. The summed E-state index contributed by atoms with van der Waals surface area (Å²) in [7, 11) is 0. The first-order valence-corrected chi connectivity index (χ1v) is 6.90. The molecule has 1 amide bonds. The second-order valence-electron chi connectivity index (χ2n) is 4.78. The third-order valence-corrected chi connectivity index (χ3v) is 3.40. The zero-order valence-electron chi connectivity index (χ0n) is 12.0. The van der Waals surface area contributed by atoms with Gasteiger partial charge in [0.2, 0.25) is 5.91 Å². The molecule has 0 saturated heterocycles. The molecule has 1 aromatic carbocycles. The molecule has 19 heavy (non-hydrogen) atoms. The van der Waals surface area contributed by atoms with Gasteiger partial charge in [-0.1, -0.05) is 32.0 Å². The molecule has 0 bridgehead atoms. The minimum absolute atomic E-state index is 0.00213. The van der Waals surface area contributed by atoms with Crippen LogP contribution in [0.1, 0.15) is 44.2 Å². The summed E-state index contributed by atoms with van der Waals surface area (Å²) >= 11 is 0. The first-order valence-electron chi connectivity index (χ1n) is 6.90. The van der Waals surface area contributed by atoms with Gasteiger partial charge in [-0.2, -0.15) is 5.26 Å². The fourth-order valence-corrected chi connectivity index (χ4v) is 2.07. The number of hydrogen-bond donors (Lipinski definition) is 1. The van der Waals surface area contributed by atoms with Crippen molar-refractivity contribution in [3.63, 3.8) is 0 Å². The van der Waals surface area contributed by atoms with Crippen LogP contribution < -0.4 is 5.32 Å². The highest BCUT2D eigenvalue weighted by molar-refractivity contribution is 5.92. The standard InChI is InChI=1S/C16H22N2O/c1-4-13(11-17)9-10-15(19)18-16-12(3)7-6-8-14(16)5-2/h6-8,13H,4-5,9-10H2,1-3H3,(H,18,19). The first-order chi connectivity index (χ1) is 9.12. The molecule has 1 unspecified atom stereocenters. The zero-order chi connectivity index (χ0) is 14.3. The van der Waals surface area contributed by atoms with Gasteiger partial charge < -0.3 is 5.32 Å². The minimum Gasteiger partial charge on any atom is -0.326 e. The number of para-hydroxylation sites is 1. The van der Waals surface area contributed by atoms with E-state index in [1.165, 1.54) is 0 Å². The maximum Gasteiger partial charge on any atom is 0.224 e. The third-order valence-electron chi connectivity index (χ3n) is 3.40. The van der Waals surface area contributed by atoms with Crippen LogP contribution in [0.3, 0.4) is 0 Å². The summed E-state index contributed by atoms with van der Waals surface area (Å²) in [5, 5.41) is 11.9. The van der Waals surface area contributed by atoms with Crippen LogP contribution in [0.2, 0.25) is 0 Å². The highest BCUT2D eigenvalue weighted by Gasteiger charge is 2.11. The maximum absolute atomic E-state index is 11.9. The van der Waals surface area contributed by atoms with E-state index in [2.05, 4.69) is 18.3 Å². The van der Waals surface area contributed by atoms with E-state index in [-0.39, 0.29) is 11.8 Å². The Bertz CT molecular complexity index is 474. The molecular formula is C16H22N2O. The molecule has 0 radical (unpaired) electrons. The zero-order valence-corrected chi connectivity index (χ0v) is 12.0. The van der Waals surface area contributed by atoms with Gasteiger partial charge in [0.1, 0.15) is 0 Å². The van der Waals surface area contributed by atoms with Crippen molar-refractivity contribution in [1.29, 1.82) is 5.26 Å². The van der Waals surface area contributed by atoms with Crippen LogP contribution in [-0.4, -0.2) is 5.91 Å². The number of amides is 1. The predicted octanol–water partition coefficient (Wildman–Crippen LogP) is 3.83. The van der Waals surface area contributed by atoms with Gasteiger partial charge in [0.25, 0.3) is 0 Å². The molecule has 1 aromatic rings. The molecule has 1 rings (SSSR count). The molecular weight excluding hydrogens is 236 g/mol. The lowest BCUT2D eigenvalue weighted by molar-refractivity contribution is -0.116. The first kappa shape index (κ1) is 15.2. The van der Waals surface area contributed by atoms with Crippen molar-refractivity contribution >= 4 is 11.6 Å². The summed E-state index contributed by atoms with van der Waals surface area (Å²) < 4.78 is 0. The van der Waals surface area contributed by atoms with E-state index in [0.29, 0.717) is 12.8 Å². The lowest BCUT2D eigenvalue weighted by Crippen LogP contribution is -2.15. The molecule has 102 valence electrons. The SMILES string of the molecule is CCc1cccc(C)c1NC(=O)CCC(C#N)CC. The molecule has 0 saturated carbocycles. The van der Waals surface area contributed by atoms with Crippen LogP contribution in [-0.2, 0) is 11.2 Å². The van der Waals surface area contributed by atoms with E-state index in [9.17, 15) is 4.79 Å². The fourth-order valence-electron chi connectivity index (χ4n) is 2.07. The van der Waals surface area contributed by atoms with Gasteiger partial charge in [-0.3, -0.25) is 4.79 Å². The van der Waals surface area contributed by atoms with E-state index in [0.717, 1.165) is 29.7 Å². The number of aryl methyl sites for hydroxylation is 2. The predicted molar refractivity (Wildman–Crippen MR) is 77.8 cm³/mol. The topological polar surface area (TPSA) is 52.9 Å². The van der Waals surface area contributed by atoms with Crippen molar-refractivity contribution in [2.75, 3.05) is 5.32 Å². The molecule has 0 heterocycles. The number of carbonyl (C=O) groups is 1. The minimum atomic E-state index is -0.0201. The molecule has 0 fully saturated rings. The van der Waals surface area contributed by atoms with E-state index in [1.807, 2.05) is 32.0 Å². The van der Waals surface area contributed by atoms with Crippen molar-refractivity contribution < 1.29 is 4.79 Å². The van der Waals surface area contributed by atoms with Gasteiger partial charge >= 0.3 is 0 Å². The highest BCUT2D eigenvalue weighted by atomic mass is 16.1. The van der Waals surface area contributed by atoms with E-state index < -0.39 is 0 Å². The molecule has 0 aliphatic rings. The summed E-state index contributed by atoms with van der Waals surface area (Å²) in [4.78, 5) is 11.9. The lowest BCUT2D eigenvalue weighted by Gasteiger charge is -2.13. The molecule has 1 N–H and O–H groups in total. The van der Waals surface area contributed by atoms with Crippen LogP contribution in [0.5, 0.6) is 0 Å². The van der Waals surface area contributed by atoms with E-state index >= 15 is 0 Å². The van der Waals surface area contributed by atoms with Crippen molar-refractivity contribution in [3.8, 4) is 6.07 Å². The van der Waals surface area contributed by atoms with Crippen molar-refractivity contribution in [2.45, 2.75) is 46.5 Å². The highest BCUT2D eigenvalue weighted by Crippen LogP contribution is 2.21. The number of nitriles is 1. The van der Waals surface area contributed by atoms with E-state index in [1.54, 1.807) is 0 Å². The average molecular weight is 258 g/mol. The summed E-state index contributed by atoms with van der Waals surface area (Å²) in [6, 6.07) is 8.26. The Morgan fingerprint density at radius 1 is 1.42 bits per heavy atom. The Morgan fingerprint density at radius 3 is 2.74 bits per heavy atom. The quantitative estimate of drug-likeness (QED) is 0.843. The van der Waals surface area contributed by atoms with Crippen molar-refractivity contribution in [1.82, 2.24) is 0 Å². The molecule has 0 aromatic heterocycles. The van der Waals surface area contributed by atoms with Crippen LogP contribution in [0.15, 0.2) is 18.2 Å². The Labute approximate surface area is 115 Å². The number of rotatable bonds is 6. The van der Waals surface area contributed by atoms with Gasteiger partial charge in [0.05, 0.1) is 6.07 Å². The third kappa shape index (κ3) is 4.40. The van der Waals surface area contributed by atoms with E-state index in [4.69, 9.17) is 5.26 Å². The monoisotopic (exact) mass is 258 g/mol. The number of hydrogen-bond acceptors (Lipinski definition) is 2. The fraction of sp³-hybridized carbons (Fsp3) is 0.500. The Morgan fingerprint density at radius 2 is 2.16 bits per heavy atom. The Hall–Kier alpha value is -1.82. The van der Waals surface area contributed by atoms with Crippen LogP contribution >= 0.6 is 0 Å². The number of benzene rings is 1. The molecule has 3 nitrogen and oxygen atoms in total. The molecule has 0 spiro atoms. The number of anilines is 1. The van der Waals surface area contributed by atoms with Crippen molar-refractivity contribution in [2.24, 2.45) is 5.92 Å². The van der Waals surface area contributed by atoms with Gasteiger partial charge in [-0.05, 0) is 37.3 Å². The number of nitrogens with zero attached hydrogens (tertiary/aromatic N) is 1. The van der Waals surface area contributed by atoms with Crippen LogP contribution in [0, 0.1) is 24.2 Å². The van der Waals surface area contributed by atoms with Crippen LogP contribution in [0.4, 0.5) is 5.69 Å². The normalized spacial score (nSPS) is 11.7. The smallest absolute Gasteiger partial charge is 0.224 e. The van der Waals surface area contributed by atoms with Gasteiger partial charge in [0, 0.05) is 18.0 Å². The Kier molecular flexibility index (Phi) is 6.08. The molecule has 3 heteroatoms. The molecule has 1 atom stereocenters. The molecule has 0 aliphatic heterocycles. The summed E-state index contributed by atoms with van der Waals surface area (Å²) in [6.07, 6.45) is 2.73. The van der Waals surface area contributed by atoms with Gasteiger partial charge in [-0.15, -0.1) is 0 Å². The largest absolute Gasteiger partial charge is 0.326 e. The Balaban J connectivity index is 2.65. The van der Waals surface area contributed by atoms with Gasteiger partial charge in [0.15, 0.2) is 0 Å². The number of carbonyl (C=O) groups excluding carboxylic acids is 1. The average Bonchev–Trinajstić information content (AvgIpc) is 2.42. The van der Waals surface area contributed by atoms with Crippen LogP contribution in [0.25, 0.3) is 0 Å². The second kappa shape index (κ2) is 7.58. The molecule has 0 aliphatic carbocycles. The summed E-state index contributed by atoms with van der Waals surface area (Å²) in [6.45, 7) is 6.05.